The molecule has 0 unspecified atom stereocenters. The molecule has 0 saturated carbocycles. The molecule has 1 aromatic heterocycles. The Labute approximate surface area is 93.2 Å². The topological polar surface area (TPSA) is 42.3 Å². The molecule has 4 heteroatoms. The quantitative estimate of drug-likeness (QED) is 0.723. The number of pyridine rings is 1. The van der Waals surface area contributed by atoms with Crippen molar-refractivity contribution in [2.24, 2.45) is 4.40 Å². The van der Waals surface area contributed by atoms with Gasteiger partial charge in [0.05, 0.1) is 4.75 Å². The van der Waals surface area contributed by atoms with Crippen LogP contribution in [0.2, 0.25) is 0 Å². The lowest BCUT2D eigenvalue weighted by Gasteiger charge is -2.12. The van der Waals surface area contributed by atoms with Gasteiger partial charge < -0.3 is 0 Å². The summed E-state index contributed by atoms with van der Waals surface area (Å²) in [4.78, 5) is 3.98. The van der Waals surface area contributed by atoms with E-state index in [0.29, 0.717) is 0 Å². The van der Waals surface area contributed by atoms with Crippen LogP contribution in [0, 0.1) is 6.92 Å². The maximum atomic E-state index is 11.6. The van der Waals surface area contributed by atoms with Gasteiger partial charge in [0.25, 0.3) is 0 Å². The molecule has 0 amide bonds. The van der Waals surface area contributed by atoms with Crippen LogP contribution in [-0.2, 0) is 11.0 Å². The Hall–Kier alpha value is -1.03. The van der Waals surface area contributed by atoms with Gasteiger partial charge in [-0.1, -0.05) is 0 Å². The van der Waals surface area contributed by atoms with Crippen molar-refractivity contribution in [3.8, 4) is 0 Å². The van der Waals surface area contributed by atoms with Crippen LogP contribution in [0.1, 0.15) is 31.9 Å². The molecule has 0 bridgehead atoms. The molecule has 0 aliphatic rings. The van der Waals surface area contributed by atoms with Crippen LogP contribution in [0.3, 0.4) is 0 Å². The number of rotatable bonds is 2. The average molecular weight is 224 g/mol. The van der Waals surface area contributed by atoms with E-state index in [-0.39, 0.29) is 4.75 Å². The van der Waals surface area contributed by atoms with E-state index < -0.39 is 11.0 Å². The molecule has 1 atom stereocenters. The van der Waals surface area contributed by atoms with E-state index in [2.05, 4.69) is 9.38 Å². The minimum absolute atomic E-state index is 0.308. The first-order chi connectivity index (χ1) is 6.91. The molecule has 1 rings (SSSR count). The van der Waals surface area contributed by atoms with Crippen LogP contribution in [0.25, 0.3) is 0 Å². The van der Waals surface area contributed by atoms with Gasteiger partial charge in [-0.25, -0.2) is 4.21 Å². The molecule has 0 aromatic carbocycles. The summed E-state index contributed by atoms with van der Waals surface area (Å²) >= 11 is 0. The van der Waals surface area contributed by atoms with Gasteiger partial charge in [-0.2, -0.15) is 4.40 Å². The van der Waals surface area contributed by atoms with Crippen LogP contribution in [-0.4, -0.2) is 20.2 Å². The van der Waals surface area contributed by atoms with E-state index in [1.807, 2.05) is 33.8 Å². The third-order valence-corrected chi connectivity index (χ3v) is 3.22. The van der Waals surface area contributed by atoms with Crippen molar-refractivity contribution in [3.63, 3.8) is 0 Å². The summed E-state index contributed by atoms with van der Waals surface area (Å²) < 4.78 is 15.4. The summed E-state index contributed by atoms with van der Waals surface area (Å²) in [7, 11) is -1.20. The number of aromatic nitrogens is 1. The lowest BCUT2D eigenvalue weighted by atomic mass is 10.2. The highest BCUT2D eigenvalue weighted by molar-refractivity contribution is 7.85. The maximum Gasteiger partial charge on any atom is 0.144 e. The molecule has 0 fully saturated rings. The summed E-state index contributed by atoms with van der Waals surface area (Å²) in [5.41, 5.74) is 2.00. The molecule has 0 N–H and O–H groups in total. The number of nitrogens with zero attached hydrogens (tertiary/aromatic N) is 2. The van der Waals surface area contributed by atoms with Crippen molar-refractivity contribution >= 4 is 17.2 Å². The SMILES string of the molecule is Cc1cnccc1C=N[S@@](=O)C(C)(C)C. The Bertz CT molecular complexity index is 394. The number of hydrogen-bond acceptors (Lipinski definition) is 2. The Kier molecular flexibility index (Phi) is 3.74. The molecule has 0 spiro atoms. The van der Waals surface area contributed by atoms with E-state index in [1.54, 1.807) is 18.6 Å². The maximum absolute atomic E-state index is 11.6. The fourth-order valence-electron chi connectivity index (χ4n) is 0.892. The highest BCUT2D eigenvalue weighted by Crippen LogP contribution is 2.12. The minimum Gasteiger partial charge on any atom is -0.264 e. The van der Waals surface area contributed by atoms with Crippen LogP contribution in [0.4, 0.5) is 0 Å². The van der Waals surface area contributed by atoms with Gasteiger partial charge in [-0.15, -0.1) is 0 Å². The fraction of sp³-hybridized carbons (Fsp3) is 0.455. The van der Waals surface area contributed by atoms with Gasteiger partial charge in [-0.05, 0) is 44.9 Å². The minimum atomic E-state index is -1.20. The van der Waals surface area contributed by atoms with Crippen molar-refractivity contribution < 1.29 is 4.21 Å². The van der Waals surface area contributed by atoms with E-state index in [9.17, 15) is 4.21 Å². The fourth-order valence-corrected chi connectivity index (χ4v) is 1.42. The van der Waals surface area contributed by atoms with Gasteiger partial charge in [0.15, 0.2) is 0 Å². The summed E-state index contributed by atoms with van der Waals surface area (Å²) in [6.45, 7) is 7.66. The largest absolute Gasteiger partial charge is 0.264 e. The van der Waals surface area contributed by atoms with E-state index in [1.165, 1.54) is 0 Å². The second-order valence-electron chi connectivity index (χ2n) is 4.33. The van der Waals surface area contributed by atoms with Crippen molar-refractivity contribution in [1.29, 1.82) is 0 Å². The first-order valence-corrected chi connectivity index (χ1v) is 5.88. The molecule has 1 aromatic rings. The van der Waals surface area contributed by atoms with Crippen molar-refractivity contribution in [2.75, 3.05) is 0 Å². The van der Waals surface area contributed by atoms with Crippen LogP contribution >= 0.6 is 0 Å². The first-order valence-electron chi connectivity index (χ1n) is 4.78. The highest BCUT2D eigenvalue weighted by atomic mass is 32.2. The summed E-state index contributed by atoms with van der Waals surface area (Å²) in [5.74, 6) is 0. The van der Waals surface area contributed by atoms with E-state index in [0.717, 1.165) is 11.1 Å². The molecular weight excluding hydrogens is 208 g/mol. The predicted octanol–water partition coefficient (Wildman–Crippen LogP) is 2.27. The van der Waals surface area contributed by atoms with E-state index >= 15 is 0 Å². The van der Waals surface area contributed by atoms with Crippen molar-refractivity contribution in [1.82, 2.24) is 4.98 Å². The summed E-state index contributed by atoms with van der Waals surface area (Å²) in [6, 6.07) is 1.86. The number of hydrogen-bond donors (Lipinski definition) is 0. The van der Waals surface area contributed by atoms with Gasteiger partial charge in [0.1, 0.15) is 11.0 Å². The van der Waals surface area contributed by atoms with Gasteiger partial charge in [0.2, 0.25) is 0 Å². The van der Waals surface area contributed by atoms with Gasteiger partial charge in [0, 0.05) is 18.6 Å². The van der Waals surface area contributed by atoms with Crippen LogP contribution in [0.5, 0.6) is 0 Å². The van der Waals surface area contributed by atoms with Gasteiger partial charge in [-0.3, -0.25) is 4.98 Å². The molecule has 15 heavy (non-hydrogen) atoms. The average Bonchev–Trinajstić information content (AvgIpc) is 2.14. The summed E-state index contributed by atoms with van der Waals surface area (Å²) in [6.07, 6.45) is 5.12. The molecule has 0 radical (unpaired) electrons. The highest BCUT2D eigenvalue weighted by Gasteiger charge is 2.18. The molecule has 3 nitrogen and oxygen atoms in total. The van der Waals surface area contributed by atoms with E-state index in [4.69, 9.17) is 0 Å². The lowest BCUT2D eigenvalue weighted by molar-refractivity contribution is 0.651. The molecule has 0 aliphatic heterocycles. The lowest BCUT2D eigenvalue weighted by Crippen LogP contribution is -2.19. The zero-order valence-corrected chi connectivity index (χ0v) is 10.3. The number of aryl methyl sites for hydroxylation is 1. The van der Waals surface area contributed by atoms with Crippen molar-refractivity contribution in [3.05, 3.63) is 29.6 Å². The molecule has 82 valence electrons. The monoisotopic (exact) mass is 224 g/mol. The molecule has 0 saturated heterocycles. The smallest absolute Gasteiger partial charge is 0.144 e. The third kappa shape index (κ3) is 3.55. The Morgan fingerprint density at radius 3 is 2.67 bits per heavy atom. The van der Waals surface area contributed by atoms with Gasteiger partial charge >= 0.3 is 0 Å². The zero-order valence-electron chi connectivity index (χ0n) is 9.52. The Morgan fingerprint density at radius 1 is 1.47 bits per heavy atom. The molecule has 0 aliphatic carbocycles. The Balaban J connectivity index is 2.84. The standard InChI is InChI=1S/C11H16N2OS/c1-9-7-12-6-5-10(9)8-13-15(14)11(2,3)4/h5-8H,1-4H3/t15-/m0/s1. The third-order valence-electron chi connectivity index (χ3n) is 1.88. The molecule has 1 heterocycles. The summed E-state index contributed by atoms with van der Waals surface area (Å²) in [5, 5.41) is 0. The van der Waals surface area contributed by atoms with Crippen LogP contribution in [0.15, 0.2) is 22.9 Å². The van der Waals surface area contributed by atoms with Crippen molar-refractivity contribution in [2.45, 2.75) is 32.4 Å². The second-order valence-corrected chi connectivity index (χ2v) is 6.26. The molecular formula is C11H16N2OS. The zero-order chi connectivity index (χ0) is 11.5. The predicted molar refractivity (Wildman–Crippen MR) is 64.5 cm³/mol. The normalized spacial score (nSPS) is 14.4. The first kappa shape index (κ1) is 12.0. The Morgan fingerprint density at radius 2 is 2.13 bits per heavy atom. The van der Waals surface area contributed by atoms with Crippen LogP contribution < -0.4 is 0 Å². The second kappa shape index (κ2) is 4.66.